The maximum Gasteiger partial charge on any atom is 0.130 e. The summed E-state index contributed by atoms with van der Waals surface area (Å²) in [5.74, 6) is 0.218. The standard InChI is InChI=1S/C14H15NOS/c1-10-4-3-5-12(8-10)14-15-13(9-17-14)7-6-11(2)16/h3-5,8-9H,6-7H2,1-2H3. The summed E-state index contributed by atoms with van der Waals surface area (Å²) in [5, 5.41) is 3.08. The third-order valence-corrected chi connectivity index (χ3v) is 3.49. The molecule has 0 aliphatic rings. The highest BCUT2D eigenvalue weighted by atomic mass is 32.1. The Morgan fingerprint density at radius 2 is 2.24 bits per heavy atom. The molecule has 0 atom stereocenters. The second-order valence-corrected chi connectivity index (χ2v) is 5.07. The quantitative estimate of drug-likeness (QED) is 0.823. The van der Waals surface area contributed by atoms with Gasteiger partial charge in [-0.2, -0.15) is 0 Å². The fourth-order valence-corrected chi connectivity index (χ4v) is 2.49. The summed E-state index contributed by atoms with van der Waals surface area (Å²) in [6, 6.07) is 8.32. The lowest BCUT2D eigenvalue weighted by molar-refractivity contribution is -0.116. The highest BCUT2D eigenvalue weighted by Gasteiger charge is 2.05. The molecule has 0 amide bonds. The molecule has 0 radical (unpaired) electrons. The molecule has 88 valence electrons. The molecular formula is C14H15NOS. The van der Waals surface area contributed by atoms with Crippen molar-refractivity contribution in [2.24, 2.45) is 0 Å². The van der Waals surface area contributed by atoms with Crippen LogP contribution in [0.3, 0.4) is 0 Å². The molecule has 2 aromatic rings. The molecular weight excluding hydrogens is 230 g/mol. The van der Waals surface area contributed by atoms with Crippen LogP contribution in [-0.4, -0.2) is 10.8 Å². The number of thiazole rings is 1. The van der Waals surface area contributed by atoms with Gasteiger partial charge in [-0.3, -0.25) is 0 Å². The molecule has 1 aromatic carbocycles. The van der Waals surface area contributed by atoms with E-state index in [1.54, 1.807) is 18.3 Å². The maximum absolute atomic E-state index is 10.9. The smallest absolute Gasteiger partial charge is 0.130 e. The van der Waals surface area contributed by atoms with E-state index in [1.165, 1.54) is 5.56 Å². The van der Waals surface area contributed by atoms with Crippen LogP contribution in [0.1, 0.15) is 24.6 Å². The minimum Gasteiger partial charge on any atom is -0.300 e. The van der Waals surface area contributed by atoms with E-state index in [2.05, 4.69) is 30.1 Å². The van der Waals surface area contributed by atoms with Crippen molar-refractivity contribution in [3.8, 4) is 10.6 Å². The Balaban J connectivity index is 2.15. The highest BCUT2D eigenvalue weighted by Crippen LogP contribution is 2.24. The SMILES string of the molecule is CC(=O)CCc1csc(-c2cccc(C)c2)n1. The van der Waals surface area contributed by atoms with Gasteiger partial charge < -0.3 is 4.79 Å². The maximum atomic E-state index is 10.9. The van der Waals surface area contributed by atoms with Gasteiger partial charge in [0.25, 0.3) is 0 Å². The Morgan fingerprint density at radius 1 is 1.41 bits per heavy atom. The van der Waals surface area contributed by atoms with E-state index in [4.69, 9.17) is 0 Å². The summed E-state index contributed by atoms with van der Waals surface area (Å²) in [6.45, 7) is 3.70. The molecule has 0 aliphatic heterocycles. The molecule has 0 bridgehead atoms. The van der Waals surface area contributed by atoms with Gasteiger partial charge >= 0.3 is 0 Å². The average molecular weight is 245 g/mol. The van der Waals surface area contributed by atoms with E-state index < -0.39 is 0 Å². The summed E-state index contributed by atoms with van der Waals surface area (Å²) in [6.07, 6.45) is 1.33. The van der Waals surface area contributed by atoms with Gasteiger partial charge in [0.05, 0.1) is 5.69 Å². The fraction of sp³-hybridized carbons (Fsp3) is 0.286. The molecule has 2 nitrogen and oxygen atoms in total. The summed E-state index contributed by atoms with van der Waals surface area (Å²) < 4.78 is 0. The van der Waals surface area contributed by atoms with Crippen molar-refractivity contribution in [1.82, 2.24) is 4.98 Å². The third-order valence-electron chi connectivity index (χ3n) is 2.55. The molecule has 1 heterocycles. The molecule has 0 saturated heterocycles. The van der Waals surface area contributed by atoms with Gasteiger partial charge in [-0.25, -0.2) is 4.98 Å². The van der Waals surface area contributed by atoms with Crippen LogP contribution in [-0.2, 0) is 11.2 Å². The first-order valence-corrected chi connectivity index (χ1v) is 6.54. The number of carbonyl (C=O) groups is 1. The van der Waals surface area contributed by atoms with Crippen LogP contribution in [0, 0.1) is 6.92 Å². The van der Waals surface area contributed by atoms with Gasteiger partial charge in [-0.05, 0) is 26.3 Å². The van der Waals surface area contributed by atoms with E-state index in [-0.39, 0.29) is 5.78 Å². The van der Waals surface area contributed by atoms with Gasteiger partial charge in [-0.1, -0.05) is 23.8 Å². The van der Waals surface area contributed by atoms with Crippen molar-refractivity contribution in [1.29, 1.82) is 0 Å². The number of aryl methyl sites for hydroxylation is 2. The number of rotatable bonds is 4. The van der Waals surface area contributed by atoms with E-state index >= 15 is 0 Å². The number of hydrogen-bond acceptors (Lipinski definition) is 3. The van der Waals surface area contributed by atoms with Gasteiger partial charge in [-0.15, -0.1) is 11.3 Å². The van der Waals surface area contributed by atoms with Crippen LogP contribution in [0.2, 0.25) is 0 Å². The summed E-state index contributed by atoms with van der Waals surface area (Å²) in [5.41, 5.74) is 3.41. The van der Waals surface area contributed by atoms with Crippen molar-refractivity contribution in [2.45, 2.75) is 26.7 Å². The molecule has 0 saturated carbocycles. The monoisotopic (exact) mass is 245 g/mol. The first-order chi connectivity index (χ1) is 8.15. The van der Waals surface area contributed by atoms with Crippen molar-refractivity contribution in [2.75, 3.05) is 0 Å². The Bertz CT molecular complexity index is 531. The van der Waals surface area contributed by atoms with Gasteiger partial charge in [0.15, 0.2) is 0 Å². The van der Waals surface area contributed by atoms with Crippen LogP contribution in [0.5, 0.6) is 0 Å². The molecule has 17 heavy (non-hydrogen) atoms. The zero-order valence-corrected chi connectivity index (χ0v) is 10.9. The van der Waals surface area contributed by atoms with E-state index in [0.717, 1.165) is 22.7 Å². The third kappa shape index (κ3) is 3.24. The van der Waals surface area contributed by atoms with Crippen LogP contribution in [0.25, 0.3) is 10.6 Å². The summed E-state index contributed by atoms with van der Waals surface area (Å²) in [7, 11) is 0. The van der Waals surface area contributed by atoms with Crippen molar-refractivity contribution in [3.63, 3.8) is 0 Å². The van der Waals surface area contributed by atoms with Gasteiger partial charge in [0.2, 0.25) is 0 Å². The lowest BCUT2D eigenvalue weighted by Gasteiger charge is -1.97. The Morgan fingerprint density at radius 3 is 2.94 bits per heavy atom. The molecule has 3 heteroatoms. The minimum absolute atomic E-state index is 0.218. The highest BCUT2D eigenvalue weighted by molar-refractivity contribution is 7.13. The zero-order valence-electron chi connectivity index (χ0n) is 10.1. The van der Waals surface area contributed by atoms with Gasteiger partial charge in [0, 0.05) is 17.4 Å². The molecule has 2 rings (SSSR count). The first-order valence-electron chi connectivity index (χ1n) is 5.66. The Labute approximate surface area is 105 Å². The minimum atomic E-state index is 0.218. The predicted octanol–water partition coefficient (Wildman–Crippen LogP) is 3.64. The summed E-state index contributed by atoms with van der Waals surface area (Å²) in [4.78, 5) is 15.5. The van der Waals surface area contributed by atoms with E-state index in [0.29, 0.717) is 6.42 Å². The summed E-state index contributed by atoms with van der Waals surface area (Å²) >= 11 is 1.64. The molecule has 0 N–H and O–H groups in total. The zero-order chi connectivity index (χ0) is 12.3. The molecule has 0 spiro atoms. The number of aromatic nitrogens is 1. The number of hydrogen-bond donors (Lipinski definition) is 0. The lowest BCUT2D eigenvalue weighted by atomic mass is 10.1. The van der Waals surface area contributed by atoms with Crippen molar-refractivity contribution < 1.29 is 4.79 Å². The molecule has 0 fully saturated rings. The van der Waals surface area contributed by atoms with E-state index in [9.17, 15) is 4.79 Å². The average Bonchev–Trinajstić information content (AvgIpc) is 2.75. The largest absolute Gasteiger partial charge is 0.300 e. The first kappa shape index (κ1) is 12.0. The van der Waals surface area contributed by atoms with E-state index in [1.807, 2.05) is 11.4 Å². The lowest BCUT2D eigenvalue weighted by Crippen LogP contribution is -1.94. The Hall–Kier alpha value is -1.48. The van der Waals surface area contributed by atoms with Crippen molar-refractivity contribution in [3.05, 3.63) is 40.9 Å². The topological polar surface area (TPSA) is 30.0 Å². The fourth-order valence-electron chi connectivity index (χ4n) is 1.64. The second-order valence-electron chi connectivity index (χ2n) is 4.22. The number of benzene rings is 1. The molecule has 0 aliphatic carbocycles. The molecule has 0 unspecified atom stereocenters. The number of Topliss-reactive ketones (excluding diaryl/α,β-unsaturated/α-hetero) is 1. The number of ketones is 1. The van der Waals surface area contributed by atoms with Crippen LogP contribution < -0.4 is 0 Å². The van der Waals surface area contributed by atoms with Gasteiger partial charge in [0.1, 0.15) is 10.8 Å². The number of nitrogens with zero attached hydrogens (tertiary/aromatic N) is 1. The Kier molecular flexibility index (Phi) is 3.69. The number of carbonyl (C=O) groups excluding carboxylic acids is 1. The molecule has 1 aromatic heterocycles. The second kappa shape index (κ2) is 5.23. The van der Waals surface area contributed by atoms with Crippen LogP contribution in [0.15, 0.2) is 29.6 Å². The van der Waals surface area contributed by atoms with Crippen LogP contribution in [0.4, 0.5) is 0 Å². The van der Waals surface area contributed by atoms with Crippen molar-refractivity contribution >= 4 is 17.1 Å². The predicted molar refractivity (Wildman–Crippen MR) is 71.3 cm³/mol. The normalized spacial score (nSPS) is 10.5. The van der Waals surface area contributed by atoms with Crippen LogP contribution >= 0.6 is 11.3 Å².